The summed E-state index contributed by atoms with van der Waals surface area (Å²) in [6, 6.07) is 8.96. The van der Waals surface area contributed by atoms with E-state index < -0.39 is 5.60 Å². The molecule has 0 saturated heterocycles. The van der Waals surface area contributed by atoms with E-state index in [1.807, 2.05) is 0 Å². The number of aryl methyl sites for hydroxylation is 1. The fraction of sp³-hybridized carbons (Fsp3) is 0.308. The molecule has 1 unspecified atom stereocenters. The van der Waals surface area contributed by atoms with Gasteiger partial charge in [-0.2, -0.15) is 5.26 Å². The zero-order valence-electron chi connectivity index (χ0n) is 10.3. The SMILES string of the molecule is Cn1cc(CC(C)(O)c2ccc(C#N)cc2)nn1. The molecule has 0 spiro atoms. The molecule has 0 bridgehead atoms. The minimum absolute atomic E-state index is 0.382. The lowest BCUT2D eigenvalue weighted by Gasteiger charge is -2.22. The van der Waals surface area contributed by atoms with Crippen LogP contribution in [0.25, 0.3) is 0 Å². The van der Waals surface area contributed by atoms with Gasteiger partial charge in [-0.3, -0.25) is 4.68 Å². The van der Waals surface area contributed by atoms with Gasteiger partial charge in [0.05, 0.1) is 22.9 Å². The van der Waals surface area contributed by atoms with Crippen molar-refractivity contribution in [2.45, 2.75) is 18.9 Å². The van der Waals surface area contributed by atoms with Crippen molar-refractivity contribution in [3.05, 3.63) is 47.3 Å². The van der Waals surface area contributed by atoms with E-state index in [0.29, 0.717) is 12.0 Å². The fourth-order valence-corrected chi connectivity index (χ4v) is 1.83. The van der Waals surface area contributed by atoms with Crippen LogP contribution in [0.5, 0.6) is 0 Å². The summed E-state index contributed by atoms with van der Waals surface area (Å²) >= 11 is 0. The second-order valence-electron chi connectivity index (χ2n) is 4.52. The van der Waals surface area contributed by atoms with Gasteiger partial charge in [0.2, 0.25) is 0 Å². The second kappa shape index (κ2) is 4.59. The summed E-state index contributed by atoms with van der Waals surface area (Å²) in [6.45, 7) is 1.73. The Morgan fingerprint density at radius 2 is 2.06 bits per heavy atom. The predicted octanol–water partition coefficient (Wildman–Crippen LogP) is 1.14. The third-order valence-corrected chi connectivity index (χ3v) is 2.81. The standard InChI is InChI=1S/C13H14N4O/c1-13(18,7-12-9-17(2)16-15-12)11-5-3-10(8-14)4-6-11/h3-6,9,18H,7H2,1-2H3. The van der Waals surface area contributed by atoms with E-state index in [1.165, 1.54) is 0 Å². The summed E-state index contributed by atoms with van der Waals surface area (Å²) in [6.07, 6.45) is 2.16. The number of aliphatic hydroxyl groups is 1. The van der Waals surface area contributed by atoms with Crippen LogP contribution in [0.4, 0.5) is 0 Å². The molecule has 92 valence electrons. The zero-order valence-corrected chi connectivity index (χ0v) is 10.3. The summed E-state index contributed by atoms with van der Waals surface area (Å²) in [5, 5.41) is 27.0. The molecule has 0 saturated carbocycles. The van der Waals surface area contributed by atoms with Gasteiger partial charge in [-0.25, -0.2) is 0 Å². The van der Waals surface area contributed by atoms with Gasteiger partial charge in [0.1, 0.15) is 0 Å². The van der Waals surface area contributed by atoms with Gasteiger partial charge in [-0.05, 0) is 24.6 Å². The lowest BCUT2D eigenvalue weighted by Crippen LogP contribution is -2.24. The Balaban J connectivity index is 2.21. The minimum Gasteiger partial charge on any atom is -0.385 e. The highest BCUT2D eigenvalue weighted by Gasteiger charge is 2.24. The van der Waals surface area contributed by atoms with Crippen molar-refractivity contribution in [2.75, 3.05) is 0 Å². The number of hydrogen-bond acceptors (Lipinski definition) is 4. The number of hydrogen-bond donors (Lipinski definition) is 1. The van der Waals surface area contributed by atoms with E-state index in [4.69, 9.17) is 5.26 Å². The summed E-state index contributed by atoms with van der Waals surface area (Å²) in [5.74, 6) is 0. The van der Waals surface area contributed by atoms with E-state index >= 15 is 0 Å². The molecule has 0 aliphatic carbocycles. The van der Waals surface area contributed by atoms with Crippen molar-refractivity contribution in [1.29, 1.82) is 5.26 Å². The van der Waals surface area contributed by atoms with Crippen molar-refractivity contribution < 1.29 is 5.11 Å². The lowest BCUT2D eigenvalue weighted by atomic mass is 9.91. The van der Waals surface area contributed by atoms with Crippen LogP contribution in [-0.4, -0.2) is 20.1 Å². The Morgan fingerprint density at radius 1 is 1.39 bits per heavy atom. The molecule has 0 aliphatic rings. The van der Waals surface area contributed by atoms with Crippen LogP contribution in [0.1, 0.15) is 23.7 Å². The Morgan fingerprint density at radius 3 is 2.56 bits per heavy atom. The van der Waals surface area contributed by atoms with Crippen LogP contribution in [-0.2, 0) is 19.1 Å². The Bertz CT molecular complexity index is 578. The molecule has 1 heterocycles. The van der Waals surface area contributed by atoms with Crippen LogP contribution in [0, 0.1) is 11.3 Å². The van der Waals surface area contributed by atoms with Gasteiger partial charge in [0.15, 0.2) is 0 Å². The van der Waals surface area contributed by atoms with E-state index in [0.717, 1.165) is 11.3 Å². The Labute approximate surface area is 105 Å². The van der Waals surface area contributed by atoms with Crippen LogP contribution in [0.15, 0.2) is 30.5 Å². The molecule has 1 N–H and O–H groups in total. The topological polar surface area (TPSA) is 74.7 Å². The van der Waals surface area contributed by atoms with Crippen molar-refractivity contribution >= 4 is 0 Å². The number of nitrogens with zero attached hydrogens (tertiary/aromatic N) is 4. The molecule has 0 radical (unpaired) electrons. The van der Waals surface area contributed by atoms with Gasteiger partial charge in [-0.1, -0.05) is 17.3 Å². The minimum atomic E-state index is -1.02. The first kappa shape index (κ1) is 12.3. The smallest absolute Gasteiger partial charge is 0.0991 e. The normalized spacial score (nSPS) is 13.9. The molecular weight excluding hydrogens is 228 g/mol. The van der Waals surface area contributed by atoms with E-state index in [2.05, 4.69) is 16.4 Å². The van der Waals surface area contributed by atoms with Crippen LogP contribution in [0.2, 0.25) is 0 Å². The van der Waals surface area contributed by atoms with Crippen molar-refractivity contribution in [2.24, 2.45) is 7.05 Å². The quantitative estimate of drug-likeness (QED) is 0.875. The lowest BCUT2D eigenvalue weighted by molar-refractivity contribution is 0.0565. The highest BCUT2D eigenvalue weighted by Crippen LogP contribution is 2.24. The molecule has 0 aliphatic heterocycles. The van der Waals surface area contributed by atoms with Crippen LogP contribution >= 0.6 is 0 Å². The van der Waals surface area contributed by atoms with Gasteiger partial charge < -0.3 is 5.11 Å². The molecule has 1 atom stereocenters. The summed E-state index contributed by atoms with van der Waals surface area (Å²) in [7, 11) is 1.78. The third kappa shape index (κ3) is 2.55. The zero-order chi connectivity index (χ0) is 13.2. The van der Waals surface area contributed by atoms with Crippen LogP contribution < -0.4 is 0 Å². The van der Waals surface area contributed by atoms with Gasteiger partial charge >= 0.3 is 0 Å². The number of benzene rings is 1. The van der Waals surface area contributed by atoms with Crippen molar-refractivity contribution in [3.63, 3.8) is 0 Å². The van der Waals surface area contributed by atoms with Gasteiger partial charge in [0.25, 0.3) is 0 Å². The fourth-order valence-electron chi connectivity index (χ4n) is 1.83. The summed E-state index contributed by atoms with van der Waals surface area (Å²) in [5.41, 5.74) is 1.04. The molecule has 2 rings (SSSR count). The molecule has 2 aromatic rings. The summed E-state index contributed by atoms with van der Waals surface area (Å²) < 4.78 is 1.60. The molecule has 18 heavy (non-hydrogen) atoms. The van der Waals surface area contributed by atoms with Crippen molar-refractivity contribution in [1.82, 2.24) is 15.0 Å². The molecule has 1 aromatic carbocycles. The molecular formula is C13H14N4O. The molecule has 0 fully saturated rings. The maximum absolute atomic E-state index is 10.5. The number of aromatic nitrogens is 3. The highest BCUT2D eigenvalue weighted by molar-refractivity contribution is 5.34. The number of rotatable bonds is 3. The Kier molecular flexibility index (Phi) is 3.13. The molecule has 1 aromatic heterocycles. The number of nitriles is 1. The maximum Gasteiger partial charge on any atom is 0.0991 e. The summed E-state index contributed by atoms with van der Waals surface area (Å²) in [4.78, 5) is 0. The predicted molar refractivity (Wildman–Crippen MR) is 65.4 cm³/mol. The molecule has 5 heteroatoms. The first-order chi connectivity index (χ1) is 8.51. The van der Waals surface area contributed by atoms with E-state index in [-0.39, 0.29) is 0 Å². The first-order valence-electron chi connectivity index (χ1n) is 5.59. The van der Waals surface area contributed by atoms with Crippen molar-refractivity contribution in [3.8, 4) is 6.07 Å². The average Bonchev–Trinajstić information content (AvgIpc) is 2.74. The second-order valence-corrected chi connectivity index (χ2v) is 4.52. The first-order valence-corrected chi connectivity index (χ1v) is 5.59. The van der Waals surface area contributed by atoms with Gasteiger partial charge in [0, 0.05) is 19.7 Å². The van der Waals surface area contributed by atoms with E-state index in [1.54, 1.807) is 49.1 Å². The molecule has 5 nitrogen and oxygen atoms in total. The van der Waals surface area contributed by atoms with Gasteiger partial charge in [-0.15, -0.1) is 5.10 Å². The monoisotopic (exact) mass is 242 g/mol. The van der Waals surface area contributed by atoms with E-state index in [9.17, 15) is 5.11 Å². The average molecular weight is 242 g/mol. The Hall–Kier alpha value is -2.19. The maximum atomic E-state index is 10.5. The molecule has 0 amide bonds. The van der Waals surface area contributed by atoms with Crippen LogP contribution in [0.3, 0.4) is 0 Å². The third-order valence-electron chi connectivity index (χ3n) is 2.81. The highest BCUT2D eigenvalue weighted by atomic mass is 16.3. The largest absolute Gasteiger partial charge is 0.385 e.